The number of nitrogens with one attached hydrogen (secondary N) is 1. The number of carbonyl (C=O) groups is 1. The second-order valence-corrected chi connectivity index (χ2v) is 4.97. The Labute approximate surface area is 123 Å². The predicted octanol–water partition coefficient (Wildman–Crippen LogP) is 2.80. The molecule has 1 unspecified atom stereocenters. The van der Waals surface area contributed by atoms with Gasteiger partial charge in [0.05, 0.1) is 19.1 Å². The largest absolute Gasteiger partial charge is 0.493 e. The Morgan fingerprint density at radius 1 is 1.14 bits per heavy atom. The Morgan fingerprint density at radius 3 is 2.76 bits per heavy atom. The molecule has 1 N–H and O–H groups in total. The van der Waals surface area contributed by atoms with E-state index in [1.54, 1.807) is 0 Å². The van der Waals surface area contributed by atoms with Gasteiger partial charge in [-0.15, -0.1) is 0 Å². The van der Waals surface area contributed by atoms with E-state index in [1.165, 1.54) is 0 Å². The highest BCUT2D eigenvalue weighted by Crippen LogP contribution is 2.33. The Bertz CT molecular complexity index is 612. The van der Waals surface area contributed by atoms with Crippen molar-refractivity contribution >= 4 is 5.91 Å². The number of fused-ring (bicyclic) bond motifs is 1. The second-order valence-electron chi connectivity index (χ2n) is 4.97. The summed E-state index contributed by atoms with van der Waals surface area (Å²) in [6.45, 7) is 0.908. The number of amides is 1. The number of benzene rings is 2. The van der Waals surface area contributed by atoms with Gasteiger partial charge in [0, 0.05) is 5.56 Å². The van der Waals surface area contributed by atoms with Gasteiger partial charge in [-0.1, -0.05) is 48.5 Å². The third kappa shape index (κ3) is 3.23. The molecule has 1 aliphatic rings. The van der Waals surface area contributed by atoms with Gasteiger partial charge in [-0.05, 0) is 18.1 Å². The fraction of sp³-hybridized carbons (Fsp3) is 0.235. The molecule has 0 bridgehead atoms. The lowest BCUT2D eigenvalue weighted by molar-refractivity contribution is -0.136. The Balaban J connectivity index is 1.59. The predicted molar refractivity (Wildman–Crippen MR) is 78.7 cm³/mol. The smallest absolute Gasteiger partial charge is 0.251 e. The van der Waals surface area contributed by atoms with Gasteiger partial charge >= 0.3 is 0 Å². The van der Waals surface area contributed by atoms with Crippen LogP contribution in [0.5, 0.6) is 5.75 Å². The molecule has 4 nitrogen and oxygen atoms in total. The van der Waals surface area contributed by atoms with Crippen LogP contribution in [-0.2, 0) is 16.2 Å². The summed E-state index contributed by atoms with van der Waals surface area (Å²) in [4.78, 5) is 17.6. The van der Waals surface area contributed by atoms with Crippen LogP contribution in [0.4, 0.5) is 0 Å². The van der Waals surface area contributed by atoms with Crippen molar-refractivity contribution in [2.24, 2.45) is 0 Å². The first kappa shape index (κ1) is 13.6. The van der Waals surface area contributed by atoms with Crippen LogP contribution in [0.15, 0.2) is 54.6 Å². The van der Waals surface area contributed by atoms with E-state index in [-0.39, 0.29) is 11.8 Å². The molecule has 21 heavy (non-hydrogen) atoms. The Kier molecular flexibility index (Phi) is 4.17. The molecular weight excluding hydrogens is 266 g/mol. The van der Waals surface area contributed by atoms with Crippen LogP contribution in [-0.4, -0.2) is 12.5 Å². The molecule has 4 heteroatoms. The van der Waals surface area contributed by atoms with Crippen molar-refractivity contribution in [3.05, 3.63) is 65.7 Å². The maximum Gasteiger partial charge on any atom is 0.251 e. The van der Waals surface area contributed by atoms with Crippen LogP contribution in [0, 0.1) is 0 Å². The molecule has 0 aromatic heterocycles. The maximum absolute atomic E-state index is 12.3. The van der Waals surface area contributed by atoms with E-state index < -0.39 is 0 Å². The summed E-state index contributed by atoms with van der Waals surface area (Å²) in [5, 5.41) is 0. The summed E-state index contributed by atoms with van der Waals surface area (Å²) in [5.74, 6) is 0.444. The van der Waals surface area contributed by atoms with Gasteiger partial charge in [0.2, 0.25) is 0 Å². The molecule has 108 valence electrons. The van der Waals surface area contributed by atoms with Gasteiger partial charge in [0.25, 0.3) is 5.91 Å². The topological polar surface area (TPSA) is 47.6 Å². The summed E-state index contributed by atoms with van der Waals surface area (Å²) < 4.78 is 5.56. The van der Waals surface area contributed by atoms with Gasteiger partial charge in [-0.3, -0.25) is 9.63 Å². The van der Waals surface area contributed by atoms with Crippen molar-refractivity contribution in [1.29, 1.82) is 0 Å². The van der Waals surface area contributed by atoms with Gasteiger partial charge < -0.3 is 4.74 Å². The van der Waals surface area contributed by atoms with Crippen LogP contribution >= 0.6 is 0 Å². The average molecular weight is 283 g/mol. The first-order chi connectivity index (χ1) is 10.3. The van der Waals surface area contributed by atoms with Crippen LogP contribution < -0.4 is 10.2 Å². The number of hydrogen-bond donors (Lipinski definition) is 1. The van der Waals surface area contributed by atoms with Gasteiger partial charge in [-0.2, -0.15) is 0 Å². The van der Waals surface area contributed by atoms with E-state index in [0.717, 1.165) is 16.9 Å². The average Bonchev–Trinajstić information content (AvgIpc) is 2.55. The minimum atomic E-state index is -0.217. The SMILES string of the molecule is O=C(NOCc1ccccc1)C1CCOc2ccccc21. The number of rotatable bonds is 4. The Morgan fingerprint density at radius 2 is 1.90 bits per heavy atom. The lowest BCUT2D eigenvalue weighted by Gasteiger charge is -2.24. The summed E-state index contributed by atoms with van der Waals surface area (Å²) >= 11 is 0. The van der Waals surface area contributed by atoms with Crippen molar-refractivity contribution in [1.82, 2.24) is 5.48 Å². The third-order valence-electron chi connectivity index (χ3n) is 3.53. The monoisotopic (exact) mass is 283 g/mol. The van der Waals surface area contributed by atoms with E-state index in [1.807, 2.05) is 54.6 Å². The lowest BCUT2D eigenvalue weighted by atomic mass is 9.93. The second kappa shape index (κ2) is 6.41. The van der Waals surface area contributed by atoms with Crippen LogP contribution in [0.3, 0.4) is 0 Å². The standard InChI is InChI=1S/C17H17NO3/c19-17(18-21-12-13-6-2-1-3-7-13)15-10-11-20-16-9-5-4-8-14(15)16/h1-9,15H,10-12H2,(H,18,19). The maximum atomic E-state index is 12.3. The summed E-state index contributed by atoms with van der Waals surface area (Å²) in [5.41, 5.74) is 4.49. The van der Waals surface area contributed by atoms with Crippen molar-refractivity contribution < 1.29 is 14.4 Å². The lowest BCUT2D eigenvalue weighted by Crippen LogP contribution is -2.32. The number of carbonyl (C=O) groups excluding carboxylic acids is 1. The van der Waals surface area contributed by atoms with E-state index in [9.17, 15) is 4.79 Å². The third-order valence-corrected chi connectivity index (χ3v) is 3.53. The van der Waals surface area contributed by atoms with Crippen molar-refractivity contribution in [3.8, 4) is 5.75 Å². The fourth-order valence-corrected chi connectivity index (χ4v) is 2.45. The molecule has 1 heterocycles. The number of para-hydroxylation sites is 1. The molecule has 2 aromatic rings. The zero-order chi connectivity index (χ0) is 14.5. The fourth-order valence-electron chi connectivity index (χ4n) is 2.45. The molecule has 0 aliphatic carbocycles. The highest BCUT2D eigenvalue weighted by Gasteiger charge is 2.27. The molecule has 3 rings (SSSR count). The van der Waals surface area contributed by atoms with Crippen molar-refractivity contribution in [2.75, 3.05) is 6.61 Å². The molecule has 1 aliphatic heterocycles. The summed E-state index contributed by atoms with van der Waals surface area (Å²) in [7, 11) is 0. The normalized spacial score (nSPS) is 16.7. The van der Waals surface area contributed by atoms with Crippen molar-refractivity contribution in [3.63, 3.8) is 0 Å². The summed E-state index contributed by atoms with van der Waals surface area (Å²) in [6.07, 6.45) is 0.664. The molecule has 1 atom stereocenters. The number of hydrogen-bond acceptors (Lipinski definition) is 3. The van der Waals surface area contributed by atoms with Crippen LogP contribution in [0.25, 0.3) is 0 Å². The summed E-state index contributed by atoms with van der Waals surface area (Å²) in [6, 6.07) is 17.4. The van der Waals surface area contributed by atoms with Crippen LogP contribution in [0.2, 0.25) is 0 Å². The zero-order valence-electron chi connectivity index (χ0n) is 11.6. The minimum Gasteiger partial charge on any atom is -0.493 e. The zero-order valence-corrected chi connectivity index (χ0v) is 11.6. The molecule has 0 saturated heterocycles. The molecule has 0 fully saturated rings. The molecule has 1 amide bonds. The highest BCUT2D eigenvalue weighted by molar-refractivity contribution is 5.83. The molecule has 0 saturated carbocycles. The van der Waals surface area contributed by atoms with E-state index in [0.29, 0.717) is 19.6 Å². The molecule has 0 radical (unpaired) electrons. The van der Waals surface area contributed by atoms with E-state index >= 15 is 0 Å². The molecular formula is C17H17NO3. The molecule has 0 spiro atoms. The van der Waals surface area contributed by atoms with Crippen LogP contribution in [0.1, 0.15) is 23.5 Å². The van der Waals surface area contributed by atoms with Gasteiger partial charge in [0.15, 0.2) is 0 Å². The Hall–Kier alpha value is -2.33. The highest BCUT2D eigenvalue weighted by atomic mass is 16.6. The van der Waals surface area contributed by atoms with E-state index in [4.69, 9.17) is 9.57 Å². The van der Waals surface area contributed by atoms with E-state index in [2.05, 4.69) is 5.48 Å². The number of hydroxylamine groups is 1. The first-order valence-electron chi connectivity index (χ1n) is 7.02. The van der Waals surface area contributed by atoms with Gasteiger partial charge in [0.1, 0.15) is 5.75 Å². The molecule has 2 aromatic carbocycles. The minimum absolute atomic E-state index is 0.123. The first-order valence-corrected chi connectivity index (χ1v) is 7.02. The quantitative estimate of drug-likeness (QED) is 0.878. The van der Waals surface area contributed by atoms with Crippen molar-refractivity contribution in [2.45, 2.75) is 18.9 Å². The van der Waals surface area contributed by atoms with Gasteiger partial charge in [-0.25, -0.2) is 5.48 Å². The number of ether oxygens (including phenoxy) is 1.